The van der Waals surface area contributed by atoms with Gasteiger partial charge in [-0.3, -0.25) is 4.90 Å². The van der Waals surface area contributed by atoms with Crippen molar-refractivity contribution in [1.29, 1.82) is 0 Å². The number of ether oxygens (including phenoxy) is 1. The average Bonchev–Trinajstić information content (AvgIpc) is 2.39. The quantitative estimate of drug-likeness (QED) is 0.929. The topological polar surface area (TPSA) is 38.5 Å². The number of methoxy groups -OCH3 is 1. The van der Waals surface area contributed by atoms with Gasteiger partial charge in [0.1, 0.15) is 5.75 Å². The molecule has 1 aromatic carbocycles. The molecule has 1 aromatic rings. The second-order valence-electron chi connectivity index (χ2n) is 5.80. The van der Waals surface area contributed by atoms with E-state index in [2.05, 4.69) is 36.9 Å². The first-order chi connectivity index (χ1) is 9.10. The smallest absolute Gasteiger partial charge is 0.121 e. The molecule has 1 fully saturated rings. The van der Waals surface area contributed by atoms with E-state index in [4.69, 9.17) is 10.5 Å². The van der Waals surface area contributed by atoms with Gasteiger partial charge in [-0.2, -0.15) is 0 Å². The van der Waals surface area contributed by atoms with Crippen LogP contribution in [0, 0.1) is 12.8 Å². The third-order valence-electron chi connectivity index (χ3n) is 4.15. The number of hydrogen-bond acceptors (Lipinski definition) is 3. The van der Waals surface area contributed by atoms with Crippen LogP contribution in [0.5, 0.6) is 5.75 Å². The highest BCUT2D eigenvalue weighted by Gasteiger charge is 2.22. The van der Waals surface area contributed by atoms with E-state index in [0.29, 0.717) is 12.0 Å². The summed E-state index contributed by atoms with van der Waals surface area (Å²) in [6.45, 7) is 7.57. The second kappa shape index (κ2) is 7.87. The lowest BCUT2D eigenvalue weighted by molar-refractivity contribution is 0.154. The molecule has 2 rings (SSSR count). The number of nitrogens with two attached hydrogens (primary N) is 1. The van der Waals surface area contributed by atoms with Gasteiger partial charge in [0.15, 0.2) is 0 Å². The molecule has 2 N–H and O–H groups in total. The Balaban J connectivity index is 0.00000200. The van der Waals surface area contributed by atoms with Gasteiger partial charge in [-0.15, -0.1) is 12.4 Å². The third kappa shape index (κ3) is 4.37. The highest BCUT2D eigenvalue weighted by Crippen LogP contribution is 2.23. The summed E-state index contributed by atoms with van der Waals surface area (Å²) in [4.78, 5) is 2.53. The Morgan fingerprint density at radius 1 is 1.45 bits per heavy atom. The van der Waals surface area contributed by atoms with E-state index in [9.17, 15) is 0 Å². The van der Waals surface area contributed by atoms with Crippen molar-refractivity contribution >= 4 is 12.4 Å². The predicted octanol–water partition coefficient (Wildman–Crippen LogP) is 2.98. The molecule has 3 nitrogen and oxygen atoms in total. The summed E-state index contributed by atoms with van der Waals surface area (Å²) >= 11 is 0. The highest BCUT2D eigenvalue weighted by atomic mass is 35.5. The largest absolute Gasteiger partial charge is 0.496 e. The zero-order valence-electron chi connectivity index (χ0n) is 12.8. The minimum Gasteiger partial charge on any atom is -0.496 e. The van der Waals surface area contributed by atoms with Crippen molar-refractivity contribution in [2.45, 2.75) is 39.3 Å². The monoisotopic (exact) mass is 298 g/mol. The first-order valence-electron chi connectivity index (χ1n) is 7.21. The molecule has 0 bridgehead atoms. The lowest BCUT2D eigenvalue weighted by Gasteiger charge is -2.34. The van der Waals surface area contributed by atoms with Crippen molar-refractivity contribution in [2.75, 3.05) is 20.2 Å². The molecule has 0 spiro atoms. The predicted molar refractivity (Wildman–Crippen MR) is 86.6 cm³/mol. The number of rotatable bonds is 4. The molecule has 20 heavy (non-hydrogen) atoms. The van der Waals surface area contributed by atoms with Gasteiger partial charge < -0.3 is 10.5 Å². The van der Waals surface area contributed by atoms with Crippen LogP contribution < -0.4 is 10.5 Å². The van der Waals surface area contributed by atoms with Gasteiger partial charge >= 0.3 is 0 Å². The Labute approximate surface area is 128 Å². The van der Waals surface area contributed by atoms with Gasteiger partial charge in [0, 0.05) is 19.1 Å². The normalized spacial score (nSPS) is 21.1. The fourth-order valence-electron chi connectivity index (χ4n) is 2.96. The maximum Gasteiger partial charge on any atom is 0.121 e. The number of aryl methyl sites for hydroxylation is 1. The molecule has 4 heteroatoms. The fraction of sp³-hybridized carbons (Fsp3) is 0.625. The maximum absolute atomic E-state index is 6.04. The standard InChI is InChI=1S/C16H26N2O.ClH/c1-12-9-14(6-7-16(12)19-3)10-18-8-4-5-15(11-18)13(2)17;/h6-7,9,13,15H,4-5,8,10-11,17H2,1-3H3;1H. The number of nitrogens with zero attached hydrogens (tertiary/aromatic N) is 1. The van der Waals surface area contributed by atoms with Crippen LogP contribution in [0.4, 0.5) is 0 Å². The Kier molecular flexibility index (Phi) is 6.80. The van der Waals surface area contributed by atoms with Gasteiger partial charge in [0.05, 0.1) is 7.11 Å². The summed E-state index contributed by atoms with van der Waals surface area (Å²) in [5.74, 6) is 1.61. The molecule has 1 heterocycles. The third-order valence-corrected chi connectivity index (χ3v) is 4.15. The summed E-state index contributed by atoms with van der Waals surface area (Å²) < 4.78 is 5.31. The zero-order chi connectivity index (χ0) is 13.8. The molecule has 0 saturated carbocycles. The van der Waals surface area contributed by atoms with E-state index in [1.54, 1.807) is 7.11 Å². The number of hydrogen-bond donors (Lipinski definition) is 1. The zero-order valence-corrected chi connectivity index (χ0v) is 13.6. The van der Waals surface area contributed by atoms with Crippen LogP contribution in [0.1, 0.15) is 30.9 Å². The Hall–Kier alpha value is -0.770. The van der Waals surface area contributed by atoms with Crippen molar-refractivity contribution in [1.82, 2.24) is 4.90 Å². The molecule has 2 atom stereocenters. The molecule has 114 valence electrons. The fourth-order valence-corrected chi connectivity index (χ4v) is 2.96. The molecule has 2 unspecified atom stereocenters. The average molecular weight is 299 g/mol. The van der Waals surface area contributed by atoms with Gasteiger partial charge in [0.2, 0.25) is 0 Å². The molecule has 1 saturated heterocycles. The highest BCUT2D eigenvalue weighted by molar-refractivity contribution is 5.85. The SMILES string of the molecule is COc1ccc(CN2CCCC(C(C)N)C2)cc1C.Cl. The van der Waals surface area contributed by atoms with E-state index >= 15 is 0 Å². The van der Waals surface area contributed by atoms with Crippen LogP contribution in [0.15, 0.2) is 18.2 Å². The molecular formula is C16H27ClN2O. The van der Waals surface area contributed by atoms with Crippen LogP contribution in [0.3, 0.4) is 0 Å². The minimum atomic E-state index is 0. The molecule has 0 amide bonds. The summed E-state index contributed by atoms with van der Waals surface area (Å²) in [6, 6.07) is 6.77. The van der Waals surface area contributed by atoms with E-state index in [0.717, 1.165) is 18.8 Å². The van der Waals surface area contributed by atoms with Crippen molar-refractivity contribution in [2.24, 2.45) is 11.7 Å². The van der Waals surface area contributed by atoms with Crippen LogP contribution in [-0.2, 0) is 6.54 Å². The molecular weight excluding hydrogens is 272 g/mol. The van der Waals surface area contributed by atoms with Crippen LogP contribution >= 0.6 is 12.4 Å². The summed E-state index contributed by atoms with van der Waals surface area (Å²) in [6.07, 6.45) is 2.54. The van der Waals surface area contributed by atoms with Crippen molar-refractivity contribution in [3.05, 3.63) is 29.3 Å². The Morgan fingerprint density at radius 2 is 2.20 bits per heavy atom. The van der Waals surface area contributed by atoms with Crippen molar-refractivity contribution < 1.29 is 4.74 Å². The van der Waals surface area contributed by atoms with E-state index < -0.39 is 0 Å². The maximum atomic E-state index is 6.04. The van der Waals surface area contributed by atoms with E-state index in [1.165, 1.54) is 30.5 Å². The van der Waals surface area contributed by atoms with Crippen molar-refractivity contribution in [3.8, 4) is 5.75 Å². The molecule has 0 aliphatic carbocycles. The van der Waals surface area contributed by atoms with Gasteiger partial charge in [-0.1, -0.05) is 12.1 Å². The van der Waals surface area contributed by atoms with Crippen molar-refractivity contribution in [3.63, 3.8) is 0 Å². The minimum absolute atomic E-state index is 0. The van der Waals surface area contributed by atoms with Gasteiger partial charge in [-0.25, -0.2) is 0 Å². The Bertz CT molecular complexity index is 423. The van der Waals surface area contributed by atoms with E-state index in [1.807, 2.05) is 0 Å². The van der Waals surface area contributed by atoms with Crippen LogP contribution in [0.2, 0.25) is 0 Å². The van der Waals surface area contributed by atoms with Gasteiger partial charge in [0.25, 0.3) is 0 Å². The first-order valence-corrected chi connectivity index (χ1v) is 7.21. The van der Waals surface area contributed by atoms with Gasteiger partial charge in [-0.05, 0) is 56.3 Å². The summed E-state index contributed by atoms with van der Waals surface area (Å²) in [5.41, 5.74) is 8.62. The number of benzene rings is 1. The molecule has 1 aliphatic heterocycles. The summed E-state index contributed by atoms with van der Waals surface area (Å²) in [5, 5.41) is 0. The number of piperidine rings is 1. The Morgan fingerprint density at radius 3 is 2.80 bits per heavy atom. The second-order valence-corrected chi connectivity index (χ2v) is 5.80. The lowest BCUT2D eigenvalue weighted by atomic mass is 9.92. The number of likely N-dealkylation sites (tertiary alicyclic amines) is 1. The lowest BCUT2D eigenvalue weighted by Crippen LogP contribution is -2.41. The van der Waals surface area contributed by atoms with Crippen LogP contribution in [-0.4, -0.2) is 31.1 Å². The molecule has 1 aliphatic rings. The van der Waals surface area contributed by atoms with E-state index in [-0.39, 0.29) is 12.4 Å². The van der Waals surface area contributed by atoms with Crippen LogP contribution in [0.25, 0.3) is 0 Å². The number of halogens is 1. The molecule has 0 aromatic heterocycles. The molecule has 0 radical (unpaired) electrons. The first kappa shape index (κ1) is 17.3. The summed E-state index contributed by atoms with van der Waals surface area (Å²) in [7, 11) is 1.72.